The van der Waals surface area contributed by atoms with Crippen molar-refractivity contribution < 1.29 is 38.3 Å². The number of hydrogen-bond acceptors (Lipinski definition) is 10. The Bertz CT molecular complexity index is 1000. The Morgan fingerprint density at radius 2 is 2.23 bits per heavy atom. The highest BCUT2D eigenvalue weighted by molar-refractivity contribution is 8.00. The molecule has 0 bridgehead atoms. The van der Waals surface area contributed by atoms with Crippen LogP contribution in [0.4, 0.5) is 4.79 Å². The molecular formula is C16H18N4O9S2. The van der Waals surface area contributed by atoms with Gasteiger partial charge in [0.1, 0.15) is 23.4 Å². The van der Waals surface area contributed by atoms with Crippen molar-refractivity contribution >= 4 is 47.4 Å². The van der Waals surface area contributed by atoms with Gasteiger partial charge in [0.25, 0.3) is 17.2 Å². The van der Waals surface area contributed by atoms with Gasteiger partial charge in [-0.2, -0.15) is 5.16 Å². The maximum atomic E-state index is 12.9. The monoisotopic (exact) mass is 474 g/mol. The first kappa shape index (κ1) is 22.8. The fraction of sp³-hybridized carbons (Fsp3) is 0.438. The number of nitrogens with one attached hydrogen (secondary N) is 2. The van der Waals surface area contributed by atoms with E-state index in [1.165, 1.54) is 13.2 Å². The van der Waals surface area contributed by atoms with Crippen LogP contribution in [0.25, 0.3) is 0 Å². The lowest BCUT2D eigenvalue weighted by molar-refractivity contribution is -0.192. The number of aliphatic carboxylic acids is 1. The van der Waals surface area contributed by atoms with Crippen molar-refractivity contribution in [1.29, 1.82) is 0 Å². The molecule has 2 atom stereocenters. The van der Waals surface area contributed by atoms with Gasteiger partial charge in [-0.3, -0.25) is 19.3 Å². The van der Waals surface area contributed by atoms with Gasteiger partial charge in [0.15, 0.2) is 0 Å². The first-order valence-corrected chi connectivity index (χ1v) is 10.8. The average molecular weight is 474 g/mol. The minimum Gasteiger partial charge on any atom is -0.477 e. The van der Waals surface area contributed by atoms with Crippen LogP contribution >= 0.6 is 23.5 Å². The SMILES string of the molecule is CO[C@@]1(NC(=O)CSCc2cc(=O)[nH]o2)C(=O)N2C(C(=O)O)=C(COC(N)=O)CS[C@@H]21. The van der Waals surface area contributed by atoms with E-state index in [1.54, 1.807) is 0 Å². The first-order valence-electron chi connectivity index (χ1n) is 8.63. The lowest BCUT2D eigenvalue weighted by atomic mass is 9.98. The minimum atomic E-state index is -1.74. The molecule has 31 heavy (non-hydrogen) atoms. The Kier molecular flexibility index (Phi) is 6.66. The summed E-state index contributed by atoms with van der Waals surface area (Å²) in [7, 11) is 1.23. The molecule has 15 heteroatoms. The summed E-state index contributed by atoms with van der Waals surface area (Å²) in [6.07, 6.45) is -1.07. The van der Waals surface area contributed by atoms with Gasteiger partial charge in [-0.1, -0.05) is 0 Å². The molecule has 1 fully saturated rings. The maximum Gasteiger partial charge on any atom is 0.404 e. The van der Waals surface area contributed by atoms with Crippen LogP contribution in [0.3, 0.4) is 0 Å². The number of rotatable bonds is 9. The van der Waals surface area contributed by atoms with Gasteiger partial charge in [0.2, 0.25) is 5.91 Å². The normalized spacial score (nSPS) is 22.5. The number of ether oxygens (including phenoxy) is 2. The maximum absolute atomic E-state index is 12.9. The summed E-state index contributed by atoms with van der Waals surface area (Å²) in [5.74, 6) is -2.02. The van der Waals surface area contributed by atoms with Crippen molar-refractivity contribution in [3.8, 4) is 0 Å². The molecule has 0 radical (unpaired) electrons. The predicted molar refractivity (Wildman–Crippen MR) is 107 cm³/mol. The van der Waals surface area contributed by atoms with Crippen LogP contribution in [0, 0.1) is 0 Å². The second-order valence-corrected chi connectivity index (χ2v) is 8.42. The molecule has 0 saturated carbocycles. The second-order valence-electron chi connectivity index (χ2n) is 6.36. The second kappa shape index (κ2) is 9.07. The summed E-state index contributed by atoms with van der Waals surface area (Å²) in [6, 6.07) is 1.26. The lowest BCUT2D eigenvalue weighted by Gasteiger charge is -2.55. The van der Waals surface area contributed by atoms with Crippen LogP contribution in [0.5, 0.6) is 0 Å². The number of primary amides is 1. The van der Waals surface area contributed by atoms with E-state index in [2.05, 4.69) is 15.2 Å². The molecule has 0 aromatic carbocycles. The fourth-order valence-corrected chi connectivity index (χ4v) is 5.22. The van der Waals surface area contributed by atoms with Crippen LogP contribution in [0.2, 0.25) is 0 Å². The minimum absolute atomic E-state index is 0.0655. The van der Waals surface area contributed by atoms with E-state index in [4.69, 9.17) is 15.0 Å². The Labute approximate surface area is 182 Å². The quantitative estimate of drug-likeness (QED) is 0.253. The summed E-state index contributed by atoms with van der Waals surface area (Å²) in [4.78, 5) is 59.9. The number of carbonyl (C=O) groups excluding carboxylic acids is 3. The Morgan fingerprint density at radius 1 is 1.48 bits per heavy atom. The number of methoxy groups -OCH3 is 1. The van der Waals surface area contributed by atoms with Gasteiger partial charge in [-0.25, -0.2) is 9.59 Å². The van der Waals surface area contributed by atoms with Gasteiger partial charge in [-0.05, 0) is 0 Å². The molecule has 0 aliphatic carbocycles. The van der Waals surface area contributed by atoms with Crippen LogP contribution in [-0.2, 0) is 29.6 Å². The number of carbonyl (C=O) groups is 4. The summed E-state index contributed by atoms with van der Waals surface area (Å²) in [5.41, 5.74) is 2.65. The number of nitrogens with zero attached hydrogens (tertiary/aromatic N) is 1. The number of aromatic amines is 1. The molecule has 2 aliphatic rings. The number of hydrogen-bond donors (Lipinski definition) is 4. The highest BCUT2D eigenvalue weighted by Crippen LogP contribution is 2.46. The van der Waals surface area contributed by atoms with Crippen molar-refractivity contribution in [2.24, 2.45) is 5.73 Å². The highest BCUT2D eigenvalue weighted by Gasteiger charge is 2.66. The standard InChI is InChI=1S/C16H18N4O9S2/c1-27-16(18-10(22)6-30-5-8-2-9(21)19-29-8)13(25)20-11(12(23)24)7(3-28-15(17)26)4-31-14(16)20/h2,14H,3-6H2,1H3,(H2,17,26)(H,18,22)(H,19,21)(H,23,24)/t14-,16+/m1/s1. The number of amides is 3. The molecule has 3 amide bonds. The van der Waals surface area contributed by atoms with Crippen molar-refractivity contribution in [2.45, 2.75) is 16.9 Å². The van der Waals surface area contributed by atoms with E-state index in [9.17, 15) is 29.1 Å². The van der Waals surface area contributed by atoms with Crippen LogP contribution < -0.4 is 16.6 Å². The first-order chi connectivity index (χ1) is 14.7. The molecule has 3 rings (SSSR count). The third-order valence-electron chi connectivity index (χ3n) is 4.40. The molecule has 5 N–H and O–H groups in total. The van der Waals surface area contributed by atoms with Crippen molar-refractivity contribution in [3.63, 3.8) is 0 Å². The summed E-state index contributed by atoms with van der Waals surface area (Å²) < 4.78 is 14.9. The number of aromatic nitrogens is 1. The average Bonchev–Trinajstić information content (AvgIpc) is 3.14. The summed E-state index contributed by atoms with van der Waals surface area (Å²) in [6.45, 7) is -0.376. The molecule has 2 aliphatic heterocycles. The zero-order chi connectivity index (χ0) is 22.8. The smallest absolute Gasteiger partial charge is 0.404 e. The molecule has 1 aromatic heterocycles. The molecule has 3 heterocycles. The molecule has 0 spiro atoms. The van der Waals surface area contributed by atoms with E-state index in [0.29, 0.717) is 5.76 Å². The third kappa shape index (κ3) is 4.42. The van der Waals surface area contributed by atoms with Gasteiger partial charge in [0.05, 0.1) is 11.5 Å². The van der Waals surface area contributed by atoms with Gasteiger partial charge in [0, 0.05) is 24.5 Å². The van der Waals surface area contributed by atoms with Crippen molar-refractivity contribution in [1.82, 2.24) is 15.4 Å². The zero-order valence-corrected chi connectivity index (χ0v) is 17.7. The van der Waals surface area contributed by atoms with E-state index >= 15 is 0 Å². The van der Waals surface area contributed by atoms with Gasteiger partial charge < -0.3 is 30.2 Å². The number of thioether (sulfide) groups is 2. The van der Waals surface area contributed by atoms with Crippen LogP contribution in [0.1, 0.15) is 5.76 Å². The topological polar surface area (TPSA) is 194 Å². The fourth-order valence-electron chi connectivity index (χ4n) is 3.09. The summed E-state index contributed by atoms with van der Waals surface area (Å²) >= 11 is 2.29. The van der Waals surface area contributed by atoms with Crippen LogP contribution in [0.15, 0.2) is 26.7 Å². The van der Waals surface area contributed by atoms with Crippen molar-refractivity contribution in [2.75, 3.05) is 25.2 Å². The molecule has 13 nitrogen and oxygen atoms in total. The molecule has 168 valence electrons. The Morgan fingerprint density at radius 3 is 2.81 bits per heavy atom. The van der Waals surface area contributed by atoms with Gasteiger partial charge in [-0.15, -0.1) is 23.5 Å². The summed E-state index contributed by atoms with van der Waals surface area (Å²) in [5, 5.41) is 13.4. The highest BCUT2D eigenvalue weighted by atomic mass is 32.2. The largest absolute Gasteiger partial charge is 0.477 e. The molecular weight excluding hydrogens is 456 g/mol. The number of H-pyrrole nitrogens is 1. The Balaban J connectivity index is 1.68. The molecule has 1 aromatic rings. The number of β-lactam (4-membered cyclic amide) rings is 1. The van der Waals surface area contributed by atoms with E-state index in [1.807, 2.05) is 0 Å². The predicted octanol–water partition coefficient (Wildman–Crippen LogP) is -0.991. The van der Waals surface area contributed by atoms with Crippen molar-refractivity contribution in [3.05, 3.63) is 33.5 Å². The van der Waals surface area contributed by atoms with E-state index in [-0.39, 0.29) is 35.1 Å². The number of nitrogens with two attached hydrogens (primary N) is 1. The molecule has 0 unspecified atom stereocenters. The van der Waals surface area contributed by atoms with E-state index in [0.717, 1.165) is 28.4 Å². The number of fused-ring (bicyclic) bond motifs is 1. The van der Waals surface area contributed by atoms with Gasteiger partial charge >= 0.3 is 12.1 Å². The number of carboxylic acids is 1. The Hall–Kier alpha value is -2.91. The molecule has 1 saturated heterocycles. The third-order valence-corrected chi connectivity index (χ3v) is 6.73. The number of carboxylic acid groups (broad SMARTS) is 1. The van der Waals surface area contributed by atoms with Crippen LogP contribution in [-0.4, -0.2) is 75.4 Å². The van der Waals surface area contributed by atoms with E-state index < -0.39 is 40.5 Å². The lowest BCUT2D eigenvalue weighted by Crippen LogP contribution is -2.80. The zero-order valence-electron chi connectivity index (χ0n) is 16.0.